The first-order chi connectivity index (χ1) is 4.36. The summed E-state index contributed by atoms with van der Waals surface area (Å²) >= 11 is 0. The summed E-state index contributed by atoms with van der Waals surface area (Å²) in [5.74, 6) is 1.28. The highest BCUT2D eigenvalue weighted by atomic mass is 14.7. The first-order valence-electron chi connectivity index (χ1n) is 4.15. The molecule has 1 unspecified atom stereocenters. The molecule has 0 aromatic rings. The molecule has 0 aromatic carbocycles. The number of nitrogens with two attached hydrogens (primary N) is 1. The van der Waals surface area contributed by atoms with Gasteiger partial charge in [-0.1, -0.05) is 27.7 Å². The Hall–Kier alpha value is -0.0400. The van der Waals surface area contributed by atoms with Crippen molar-refractivity contribution in [2.45, 2.75) is 46.6 Å². The average molecular weight is 143 g/mol. The number of hydrogen-bond acceptors (Lipinski definition) is 1. The molecule has 0 bridgehead atoms. The minimum atomic E-state index is 0.0220. The van der Waals surface area contributed by atoms with Gasteiger partial charge in [-0.3, -0.25) is 0 Å². The molecule has 1 heteroatoms. The Balaban J connectivity index is 3.87. The molecule has 1 nitrogen and oxygen atoms in total. The number of hydrogen-bond donors (Lipinski definition) is 1. The van der Waals surface area contributed by atoms with E-state index in [0.29, 0.717) is 11.8 Å². The van der Waals surface area contributed by atoms with E-state index in [9.17, 15) is 0 Å². The van der Waals surface area contributed by atoms with E-state index in [1.165, 1.54) is 0 Å². The van der Waals surface area contributed by atoms with Crippen LogP contribution in [0.15, 0.2) is 0 Å². The minimum absolute atomic E-state index is 0.0220. The van der Waals surface area contributed by atoms with Crippen LogP contribution in [0.5, 0.6) is 0 Å². The Kier molecular flexibility index (Phi) is 3.37. The standard InChI is InChI=1S/C9H21N/c1-7(2)6-9(5,10)8(3)4/h7-8H,6,10H2,1-5H3. The van der Waals surface area contributed by atoms with Gasteiger partial charge in [0.1, 0.15) is 0 Å². The summed E-state index contributed by atoms with van der Waals surface area (Å²) in [5.41, 5.74) is 6.08. The van der Waals surface area contributed by atoms with Crippen molar-refractivity contribution in [2.24, 2.45) is 17.6 Å². The van der Waals surface area contributed by atoms with Gasteiger partial charge >= 0.3 is 0 Å². The fourth-order valence-electron chi connectivity index (χ4n) is 1.12. The summed E-state index contributed by atoms with van der Waals surface area (Å²) in [6.45, 7) is 10.9. The Bertz CT molecular complexity index is 92.9. The smallest absolute Gasteiger partial charge is 0.0151 e. The Morgan fingerprint density at radius 2 is 1.60 bits per heavy atom. The highest BCUT2D eigenvalue weighted by molar-refractivity contribution is 4.82. The van der Waals surface area contributed by atoms with Crippen molar-refractivity contribution in [3.63, 3.8) is 0 Å². The highest BCUT2D eigenvalue weighted by Crippen LogP contribution is 2.21. The highest BCUT2D eigenvalue weighted by Gasteiger charge is 2.23. The molecule has 10 heavy (non-hydrogen) atoms. The van der Waals surface area contributed by atoms with E-state index < -0.39 is 0 Å². The van der Waals surface area contributed by atoms with Crippen LogP contribution >= 0.6 is 0 Å². The third-order valence-corrected chi connectivity index (χ3v) is 2.17. The molecule has 62 valence electrons. The molecule has 0 aliphatic rings. The lowest BCUT2D eigenvalue weighted by Crippen LogP contribution is -2.42. The van der Waals surface area contributed by atoms with Gasteiger partial charge in [-0.15, -0.1) is 0 Å². The molecular weight excluding hydrogens is 122 g/mol. The summed E-state index contributed by atoms with van der Waals surface area (Å²) in [6.07, 6.45) is 1.12. The summed E-state index contributed by atoms with van der Waals surface area (Å²) in [5, 5.41) is 0. The van der Waals surface area contributed by atoms with E-state index in [4.69, 9.17) is 5.73 Å². The van der Waals surface area contributed by atoms with Gasteiger partial charge in [-0.2, -0.15) is 0 Å². The molecule has 0 aliphatic carbocycles. The van der Waals surface area contributed by atoms with Crippen molar-refractivity contribution in [3.8, 4) is 0 Å². The van der Waals surface area contributed by atoms with Gasteiger partial charge in [0.25, 0.3) is 0 Å². The summed E-state index contributed by atoms with van der Waals surface area (Å²) in [7, 11) is 0. The van der Waals surface area contributed by atoms with Crippen molar-refractivity contribution in [3.05, 3.63) is 0 Å². The molecular formula is C9H21N. The van der Waals surface area contributed by atoms with E-state index in [1.54, 1.807) is 0 Å². The van der Waals surface area contributed by atoms with Crippen LogP contribution in [0, 0.1) is 11.8 Å². The van der Waals surface area contributed by atoms with Gasteiger partial charge < -0.3 is 5.73 Å². The quantitative estimate of drug-likeness (QED) is 0.645. The predicted octanol–water partition coefficient (Wildman–Crippen LogP) is 2.41. The third-order valence-electron chi connectivity index (χ3n) is 2.17. The van der Waals surface area contributed by atoms with Crippen molar-refractivity contribution in [1.82, 2.24) is 0 Å². The molecule has 0 saturated carbocycles. The topological polar surface area (TPSA) is 26.0 Å². The Morgan fingerprint density at radius 3 is 1.70 bits per heavy atom. The van der Waals surface area contributed by atoms with Crippen LogP contribution in [0.1, 0.15) is 41.0 Å². The maximum Gasteiger partial charge on any atom is 0.0151 e. The SMILES string of the molecule is CC(C)CC(C)(N)C(C)C. The first-order valence-corrected chi connectivity index (χ1v) is 4.15. The Morgan fingerprint density at radius 1 is 1.20 bits per heavy atom. The molecule has 0 spiro atoms. The van der Waals surface area contributed by atoms with Crippen molar-refractivity contribution < 1.29 is 0 Å². The lowest BCUT2D eigenvalue weighted by molar-refractivity contribution is 0.280. The molecule has 0 rings (SSSR count). The van der Waals surface area contributed by atoms with E-state index >= 15 is 0 Å². The maximum atomic E-state index is 6.06. The van der Waals surface area contributed by atoms with Crippen LogP contribution in [0.2, 0.25) is 0 Å². The monoisotopic (exact) mass is 143 g/mol. The van der Waals surface area contributed by atoms with Crippen molar-refractivity contribution >= 4 is 0 Å². The molecule has 0 amide bonds. The molecule has 0 fully saturated rings. The normalized spacial score (nSPS) is 18.0. The molecule has 1 atom stereocenters. The summed E-state index contributed by atoms with van der Waals surface area (Å²) in [6, 6.07) is 0. The second-order valence-electron chi connectivity index (χ2n) is 4.26. The molecule has 0 saturated heterocycles. The van der Waals surface area contributed by atoms with Gasteiger partial charge in [0, 0.05) is 5.54 Å². The molecule has 0 aromatic heterocycles. The van der Waals surface area contributed by atoms with Crippen LogP contribution in [-0.2, 0) is 0 Å². The molecule has 0 radical (unpaired) electrons. The van der Waals surface area contributed by atoms with Crippen LogP contribution < -0.4 is 5.73 Å². The van der Waals surface area contributed by atoms with E-state index in [-0.39, 0.29) is 5.54 Å². The first kappa shape index (κ1) is 9.96. The van der Waals surface area contributed by atoms with Crippen molar-refractivity contribution in [2.75, 3.05) is 0 Å². The fraction of sp³-hybridized carbons (Fsp3) is 1.00. The van der Waals surface area contributed by atoms with Gasteiger partial charge in [-0.25, -0.2) is 0 Å². The maximum absolute atomic E-state index is 6.06. The zero-order chi connectivity index (χ0) is 8.36. The number of rotatable bonds is 3. The van der Waals surface area contributed by atoms with Crippen LogP contribution in [0.3, 0.4) is 0 Å². The zero-order valence-electron chi connectivity index (χ0n) is 7.94. The minimum Gasteiger partial charge on any atom is -0.325 e. The third kappa shape index (κ3) is 3.21. The molecule has 0 heterocycles. The van der Waals surface area contributed by atoms with Gasteiger partial charge in [0.05, 0.1) is 0 Å². The van der Waals surface area contributed by atoms with E-state index in [0.717, 1.165) is 6.42 Å². The van der Waals surface area contributed by atoms with Gasteiger partial charge in [0.2, 0.25) is 0 Å². The largest absolute Gasteiger partial charge is 0.325 e. The van der Waals surface area contributed by atoms with Gasteiger partial charge in [-0.05, 0) is 25.2 Å². The second kappa shape index (κ2) is 3.38. The van der Waals surface area contributed by atoms with Crippen LogP contribution in [-0.4, -0.2) is 5.54 Å². The zero-order valence-corrected chi connectivity index (χ0v) is 7.94. The Labute approximate surface area is 65.0 Å². The lowest BCUT2D eigenvalue weighted by Gasteiger charge is -2.30. The van der Waals surface area contributed by atoms with Crippen LogP contribution in [0.25, 0.3) is 0 Å². The van der Waals surface area contributed by atoms with Crippen LogP contribution in [0.4, 0.5) is 0 Å². The predicted molar refractivity (Wildman–Crippen MR) is 46.9 cm³/mol. The van der Waals surface area contributed by atoms with Gasteiger partial charge in [0.15, 0.2) is 0 Å². The fourth-order valence-corrected chi connectivity index (χ4v) is 1.12. The lowest BCUT2D eigenvalue weighted by atomic mass is 9.82. The van der Waals surface area contributed by atoms with E-state index in [1.807, 2.05) is 0 Å². The summed E-state index contributed by atoms with van der Waals surface area (Å²) in [4.78, 5) is 0. The average Bonchev–Trinajstić information content (AvgIpc) is 1.60. The molecule has 0 aliphatic heterocycles. The van der Waals surface area contributed by atoms with E-state index in [2.05, 4.69) is 34.6 Å². The van der Waals surface area contributed by atoms with Crippen molar-refractivity contribution in [1.29, 1.82) is 0 Å². The summed E-state index contributed by atoms with van der Waals surface area (Å²) < 4.78 is 0. The second-order valence-corrected chi connectivity index (χ2v) is 4.26. The molecule has 2 N–H and O–H groups in total.